The lowest BCUT2D eigenvalue weighted by atomic mass is 10.2. The Kier molecular flexibility index (Phi) is 4.72. The summed E-state index contributed by atoms with van der Waals surface area (Å²) in [7, 11) is 0. The van der Waals surface area contributed by atoms with Gasteiger partial charge in [0.05, 0.1) is 24.1 Å². The van der Waals surface area contributed by atoms with Crippen LogP contribution < -0.4 is 5.32 Å². The van der Waals surface area contributed by atoms with Gasteiger partial charge in [-0.15, -0.1) is 17.5 Å². The Hall–Kier alpha value is -2.92. The molecule has 120 valence electrons. The summed E-state index contributed by atoms with van der Waals surface area (Å²) >= 11 is 0. The van der Waals surface area contributed by atoms with Gasteiger partial charge < -0.3 is 5.32 Å². The second-order valence-corrected chi connectivity index (χ2v) is 5.17. The molecule has 3 heterocycles. The summed E-state index contributed by atoms with van der Waals surface area (Å²) in [5.41, 5.74) is 3.87. The molecule has 6 heteroatoms. The van der Waals surface area contributed by atoms with Gasteiger partial charge in [0, 0.05) is 11.8 Å². The van der Waals surface area contributed by atoms with E-state index in [4.69, 9.17) is 0 Å². The minimum absolute atomic E-state index is 0. The first-order valence-corrected chi connectivity index (χ1v) is 7.44. The van der Waals surface area contributed by atoms with Gasteiger partial charge in [0.25, 0.3) is 0 Å². The molecule has 0 amide bonds. The Morgan fingerprint density at radius 3 is 2.50 bits per heavy atom. The lowest BCUT2D eigenvalue weighted by Gasteiger charge is -2.06. The van der Waals surface area contributed by atoms with Crippen LogP contribution in [0.15, 0.2) is 73.1 Å². The Morgan fingerprint density at radius 2 is 1.71 bits per heavy atom. The molecule has 0 bridgehead atoms. The number of nitrogens with one attached hydrogen (secondary N) is 1. The van der Waals surface area contributed by atoms with E-state index in [0.29, 0.717) is 6.54 Å². The molecule has 0 aliphatic rings. The maximum absolute atomic E-state index is 4.64. The molecule has 0 radical (unpaired) electrons. The lowest BCUT2D eigenvalue weighted by Crippen LogP contribution is -2.05. The van der Waals surface area contributed by atoms with Gasteiger partial charge in [-0.25, -0.2) is 9.50 Å². The highest BCUT2D eigenvalue weighted by Gasteiger charge is 2.07. The van der Waals surface area contributed by atoms with Crippen LogP contribution in [0.4, 0.5) is 5.82 Å². The summed E-state index contributed by atoms with van der Waals surface area (Å²) in [6, 6.07) is 19.9. The fourth-order valence-electron chi connectivity index (χ4n) is 2.46. The van der Waals surface area contributed by atoms with Crippen LogP contribution in [0.5, 0.6) is 0 Å². The van der Waals surface area contributed by atoms with Gasteiger partial charge >= 0.3 is 0 Å². The van der Waals surface area contributed by atoms with E-state index in [1.165, 1.54) is 0 Å². The summed E-state index contributed by atoms with van der Waals surface area (Å²) in [5.74, 6) is 0.790. The van der Waals surface area contributed by atoms with Gasteiger partial charge in [-0.1, -0.05) is 36.4 Å². The molecule has 0 spiro atoms. The predicted molar refractivity (Wildman–Crippen MR) is 97.2 cm³/mol. The topological polar surface area (TPSA) is 55.1 Å². The van der Waals surface area contributed by atoms with E-state index in [2.05, 4.69) is 32.5 Å². The first-order valence-electron chi connectivity index (χ1n) is 7.44. The molecular formula is C18H16ClN5. The van der Waals surface area contributed by atoms with E-state index in [-0.39, 0.29) is 12.4 Å². The highest BCUT2D eigenvalue weighted by molar-refractivity contribution is 5.85. The number of hydrogen-bond acceptors (Lipinski definition) is 4. The number of pyridine rings is 1. The molecule has 24 heavy (non-hydrogen) atoms. The predicted octanol–water partition coefficient (Wildman–Crippen LogP) is 3.83. The smallest absolute Gasteiger partial charge is 0.154 e. The van der Waals surface area contributed by atoms with Crippen LogP contribution in [-0.4, -0.2) is 19.6 Å². The van der Waals surface area contributed by atoms with Crippen LogP contribution in [0.3, 0.4) is 0 Å². The van der Waals surface area contributed by atoms with Crippen LogP contribution in [0.2, 0.25) is 0 Å². The summed E-state index contributed by atoms with van der Waals surface area (Å²) in [6.45, 7) is 0.634. The zero-order valence-electron chi connectivity index (χ0n) is 12.8. The maximum atomic E-state index is 4.64. The molecule has 4 rings (SSSR count). The highest BCUT2D eigenvalue weighted by atomic mass is 35.5. The Bertz CT molecular complexity index is 922. The van der Waals surface area contributed by atoms with Crippen molar-refractivity contribution in [1.82, 2.24) is 19.6 Å². The fourth-order valence-corrected chi connectivity index (χ4v) is 2.46. The Morgan fingerprint density at radius 1 is 0.875 bits per heavy atom. The van der Waals surface area contributed by atoms with Crippen molar-refractivity contribution in [2.45, 2.75) is 6.54 Å². The van der Waals surface area contributed by atoms with E-state index in [0.717, 1.165) is 28.4 Å². The normalized spacial score (nSPS) is 10.3. The quantitative estimate of drug-likeness (QED) is 0.615. The standard InChI is InChI=1S/C18H15N5.ClH/c1-2-6-14(7-3-1)16-13-21-18-10-9-17(22-23(16)18)20-12-15-8-4-5-11-19-15;/h1-11,13H,12H2,(H,20,22);1H. The van der Waals surface area contributed by atoms with E-state index in [1.807, 2.05) is 59.2 Å². The number of nitrogens with zero attached hydrogens (tertiary/aromatic N) is 4. The molecule has 0 saturated heterocycles. The molecule has 0 unspecified atom stereocenters. The third-order valence-corrected chi connectivity index (χ3v) is 3.61. The number of hydrogen-bond donors (Lipinski definition) is 1. The van der Waals surface area contributed by atoms with Crippen molar-refractivity contribution in [1.29, 1.82) is 0 Å². The summed E-state index contributed by atoms with van der Waals surface area (Å²) < 4.78 is 1.86. The van der Waals surface area contributed by atoms with Crippen LogP contribution in [0.25, 0.3) is 16.9 Å². The van der Waals surface area contributed by atoms with Crippen LogP contribution in [-0.2, 0) is 6.54 Å². The van der Waals surface area contributed by atoms with Crippen molar-refractivity contribution in [3.63, 3.8) is 0 Å². The van der Waals surface area contributed by atoms with Crippen molar-refractivity contribution in [2.75, 3.05) is 5.32 Å². The van der Waals surface area contributed by atoms with E-state index in [9.17, 15) is 0 Å². The average molecular weight is 338 g/mol. The molecule has 5 nitrogen and oxygen atoms in total. The third-order valence-electron chi connectivity index (χ3n) is 3.61. The molecular weight excluding hydrogens is 322 g/mol. The summed E-state index contributed by atoms with van der Waals surface area (Å²) in [4.78, 5) is 8.72. The third kappa shape index (κ3) is 3.21. The SMILES string of the molecule is Cl.c1ccc(-c2cnc3ccc(NCc4ccccn4)nn23)cc1. The zero-order valence-corrected chi connectivity index (χ0v) is 13.6. The molecule has 4 aromatic rings. The molecule has 0 atom stereocenters. The van der Waals surface area contributed by atoms with Gasteiger partial charge in [-0.3, -0.25) is 4.98 Å². The van der Waals surface area contributed by atoms with Crippen molar-refractivity contribution < 1.29 is 0 Å². The number of aromatic nitrogens is 4. The van der Waals surface area contributed by atoms with Gasteiger partial charge in [0.15, 0.2) is 5.65 Å². The highest BCUT2D eigenvalue weighted by Crippen LogP contribution is 2.20. The second-order valence-electron chi connectivity index (χ2n) is 5.17. The van der Waals surface area contributed by atoms with Crippen LogP contribution >= 0.6 is 12.4 Å². The van der Waals surface area contributed by atoms with Crippen molar-refractivity contribution in [3.8, 4) is 11.3 Å². The van der Waals surface area contributed by atoms with E-state index >= 15 is 0 Å². The average Bonchev–Trinajstić information content (AvgIpc) is 3.05. The minimum atomic E-state index is 0. The van der Waals surface area contributed by atoms with Crippen molar-refractivity contribution >= 4 is 23.9 Å². The monoisotopic (exact) mass is 337 g/mol. The number of rotatable bonds is 4. The van der Waals surface area contributed by atoms with Crippen LogP contribution in [0, 0.1) is 0 Å². The molecule has 1 N–H and O–H groups in total. The molecule has 0 aliphatic heterocycles. The number of halogens is 1. The largest absolute Gasteiger partial charge is 0.363 e. The van der Waals surface area contributed by atoms with Gasteiger partial charge in [0.1, 0.15) is 5.82 Å². The first kappa shape index (κ1) is 16.0. The zero-order chi connectivity index (χ0) is 15.5. The van der Waals surface area contributed by atoms with Gasteiger partial charge in [-0.05, 0) is 24.3 Å². The molecule has 0 aliphatic carbocycles. The maximum Gasteiger partial charge on any atom is 0.154 e. The fraction of sp³-hybridized carbons (Fsp3) is 0.0556. The number of imidazole rings is 1. The molecule has 0 saturated carbocycles. The second kappa shape index (κ2) is 7.10. The van der Waals surface area contributed by atoms with E-state index in [1.54, 1.807) is 6.20 Å². The van der Waals surface area contributed by atoms with Crippen LogP contribution in [0.1, 0.15) is 5.69 Å². The Balaban J connectivity index is 0.00000169. The summed E-state index contributed by atoms with van der Waals surface area (Å²) in [6.07, 6.45) is 3.64. The molecule has 0 fully saturated rings. The first-order chi connectivity index (χ1) is 11.4. The number of fused-ring (bicyclic) bond motifs is 1. The molecule has 1 aromatic carbocycles. The molecule has 3 aromatic heterocycles. The van der Waals surface area contributed by atoms with Crippen molar-refractivity contribution in [3.05, 3.63) is 78.8 Å². The van der Waals surface area contributed by atoms with E-state index < -0.39 is 0 Å². The van der Waals surface area contributed by atoms with Crippen molar-refractivity contribution in [2.24, 2.45) is 0 Å². The minimum Gasteiger partial charge on any atom is -0.363 e. The summed E-state index contributed by atoms with van der Waals surface area (Å²) in [5, 5.41) is 7.94. The Labute approximate surface area is 145 Å². The number of anilines is 1. The number of benzene rings is 1. The lowest BCUT2D eigenvalue weighted by molar-refractivity contribution is 0.923. The van der Waals surface area contributed by atoms with Gasteiger partial charge in [0.2, 0.25) is 0 Å². The van der Waals surface area contributed by atoms with Gasteiger partial charge in [-0.2, -0.15) is 0 Å².